The van der Waals surface area contributed by atoms with Crippen LogP contribution in [-0.4, -0.2) is 58.1 Å². The summed E-state index contributed by atoms with van der Waals surface area (Å²) in [5.74, 6) is -2.59. The van der Waals surface area contributed by atoms with Crippen LogP contribution in [0.3, 0.4) is 0 Å². The lowest BCUT2D eigenvalue weighted by Gasteiger charge is -2.71. The molecule has 1 aliphatic heterocycles. The summed E-state index contributed by atoms with van der Waals surface area (Å²) in [6, 6.07) is 3.39. The number of fused-ring (bicyclic) bond motifs is 1. The molecule has 4 fully saturated rings. The van der Waals surface area contributed by atoms with Crippen molar-refractivity contribution in [2.45, 2.75) is 83.3 Å². The Morgan fingerprint density at radius 2 is 1.63 bits per heavy atom. The standard InChI is InChI=1S/C35H44F2N2O4/c1-31-10-5-23(40)18-33(31)13-14-35(24(19-33)29(41)22-3-4-25(36)26(37)17-22)27(31)6-11-32(2)28(35)7-12-34(32,43)20-39-15-8-21(9-16-39)30(38)42/h3-4,13-14,17,19,21,23,27-28,40,43H,5-12,15-16,18,20H2,1-2H3,(H2,38,42)/t23?,27-,28-,31-,32+,33+,34-,35-/m1/s1. The van der Waals surface area contributed by atoms with Gasteiger partial charge >= 0.3 is 0 Å². The van der Waals surface area contributed by atoms with E-state index in [0.29, 0.717) is 57.3 Å². The van der Waals surface area contributed by atoms with Crippen LogP contribution in [0, 0.1) is 51.0 Å². The molecule has 8 rings (SSSR count). The summed E-state index contributed by atoms with van der Waals surface area (Å²) in [5, 5.41) is 23.4. The van der Waals surface area contributed by atoms with E-state index >= 15 is 0 Å². The molecule has 3 saturated carbocycles. The second-order valence-electron chi connectivity index (χ2n) is 15.2. The fraction of sp³-hybridized carbons (Fsp3) is 0.657. The van der Waals surface area contributed by atoms with E-state index in [4.69, 9.17) is 5.73 Å². The lowest BCUT2D eigenvalue weighted by Crippen LogP contribution is -2.67. The molecular formula is C35H44F2N2O4. The second-order valence-corrected chi connectivity index (χ2v) is 15.2. The minimum Gasteiger partial charge on any atom is -0.393 e. The average molecular weight is 595 g/mol. The maximum atomic E-state index is 14.5. The van der Waals surface area contributed by atoms with Crippen molar-refractivity contribution in [3.05, 3.63) is 59.2 Å². The highest BCUT2D eigenvalue weighted by molar-refractivity contribution is 6.10. The zero-order valence-corrected chi connectivity index (χ0v) is 25.3. The molecule has 2 spiro atoms. The van der Waals surface area contributed by atoms with Gasteiger partial charge in [0.1, 0.15) is 0 Å². The zero-order chi connectivity index (χ0) is 30.6. The monoisotopic (exact) mass is 594 g/mol. The Morgan fingerprint density at radius 1 is 0.953 bits per heavy atom. The molecule has 8 heteroatoms. The number of Topliss-reactive ketones (excluding diaryl/α,β-unsaturated/α-hetero) is 1. The van der Waals surface area contributed by atoms with Crippen molar-refractivity contribution >= 4 is 11.7 Å². The Morgan fingerprint density at radius 3 is 2.33 bits per heavy atom. The maximum Gasteiger partial charge on any atom is 0.220 e. The first-order valence-corrected chi connectivity index (χ1v) is 16.1. The van der Waals surface area contributed by atoms with Crippen molar-refractivity contribution in [3.8, 4) is 0 Å². The molecule has 232 valence electrons. The van der Waals surface area contributed by atoms with Gasteiger partial charge in [-0.25, -0.2) is 8.78 Å². The van der Waals surface area contributed by atoms with Crippen LogP contribution in [0.1, 0.15) is 82.0 Å². The van der Waals surface area contributed by atoms with Crippen LogP contribution < -0.4 is 5.73 Å². The molecule has 43 heavy (non-hydrogen) atoms. The SMILES string of the molecule is C[C@]12CC[C@H]3[C@]4(C=C[C@@]5(C=C4C(=O)c4ccc(F)c(F)c4)CC(O)CC[C@]35C)[C@@H]1CC[C@@]2(O)CN1CCC(C(N)=O)CC1. The lowest BCUT2D eigenvalue weighted by atomic mass is 9.32. The van der Waals surface area contributed by atoms with Crippen molar-refractivity contribution in [1.82, 2.24) is 4.90 Å². The van der Waals surface area contributed by atoms with Crippen LogP contribution >= 0.6 is 0 Å². The fourth-order valence-electron chi connectivity index (χ4n) is 11.1. The second kappa shape index (κ2) is 9.54. The number of nitrogens with two attached hydrogens (primary N) is 1. The highest BCUT2D eigenvalue weighted by atomic mass is 19.2. The molecule has 1 unspecified atom stereocenters. The molecule has 8 atom stereocenters. The van der Waals surface area contributed by atoms with Crippen LogP contribution in [0.5, 0.6) is 0 Å². The number of nitrogens with zero attached hydrogens (tertiary/aromatic N) is 1. The predicted octanol–water partition coefficient (Wildman–Crippen LogP) is 4.94. The van der Waals surface area contributed by atoms with Gasteiger partial charge in [0.2, 0.25) is 5.91 Å². The Hall–Kier alpha value is -2.42. The van der Waals surface area contributed by atoms with E-state index in [1.807, 2.05) is 0 Å². The number of carbonyl (C=O) groups is 2. The van der Waals surface area contributed by atoms with Gasteiger partial charge in [-0.2, -0.15) is 0 Å². The van der Waals surface area contributed by atoms with Crippen molar-refractivity contribution < 1.29 is 28.6 Å². The number of carbonyl (C=O) groups excluding carboxylic acids is 2. The van der Waals surface area contributed by atoms with Crippen LogP contribution in [0.15, 0.2) is 42.0 Å². The topological polar surface area (TPSA) is 104 Å². The smallest absolute Gasteiger partial charge is 0.220 e. The molecule has 6 aliphatic carbocycles. The summed E-state index contributed by atoms with van der Waals surface area (Å²) in [5.41, 5.74) is 3.55. The van der Waals surface area contributed by atoms with E-state index in [1.54, 1.807) is 0 Å². The van der Waals surface area contributed by atoms with Gasteiger partial charge in [0.05, 0.1) is 11.7 Å². The summed E-state index contributed by atoms with van der Waals surface area (Å²) in [7, 11) is 0. The Labute approximate surface area is 252 Å². The Kier molecular flexibility index (Phi) is 6.50. The summed E-state index contributed by atoms with van der Waals surface area (Å²) in [6.45, 7) is 6.46. The Balaban J connectivity index is 1.30. The number of rotatable bonds is 5. The number of amides is 1. The van der Waals surface area contributed by atoms with Crippen LogP contribution in [0.4, 0.5) is 8.78 Å². The predicted molar refractivity (Wildman–Crippen MR) is 158 cm³/mol. The van der Waals surface area contributed by atoms with Gasteiger partial charge in [0, 0.05) is 39.8 Å². The van der Waals surface area contributed by atoms with Gasteiger partial charge < -0.3 is 20.8 Å². The number of likely N-dealkylation sites (tertiary alicyclic amines) is 1. The number of aliphatic hydroxyl groups excluding tert-OH is 1. The van der Waals surface area contributed by atoms with E-state index in [9.17, 15) is 28.6 Å². The maximum absolute atomic E-state index is 14.5. The first-order valence-electron chi connectivity index (χ1n) is 16.1. The van der Waals surface area contributed by atoms with E-state index < -0.39 is 39.6 Å². The Bertz CT molecular complexity index is 1440. The summed E-state index contributed by atoms with van der Waals surface area (Å²) >= 11 is 0. The van der Waals surface area contributed by atoms with Crippen molar-refractivity contribution in [3.63, 3.8) is 0 Å². The van der Waals surface area contributed by atoms with E-state index in [2.05, 4.69) is 37.0 Å². The third kappa shape index (κ3) is 3.84. The minimum absolute atomic E-state index is 0.0226. The van der Waals surface area contributed by atoms with Crippen molar-refractivity contribution in [2.24, 2.45) is 45.1 Å². The molecule has 1 heterocycles. The number of hydrogen-bond acceptors (Lipinski definition) is 5. The summed E-state index contributed by atoms with van der Waals surface area (Å²) in [6.07, 6.45) is 12.6. The third-order valence-corrected chi connectivity index (χ3v) is 13.6. The highest BCUT2D eigenvalue weighted by Crippen LogP contribution is 2.78. The number of β-amino-alcohol motifs (C(OH)–C–C–N with tert-alkyl or cyclic N) is 1. The highest BCUT2D eigenvalue weighted by Gasteiger charge is 2.74. The number of primary amides is 1. The van der Waals surface area contributed by atoms with E-state index in [0.717, 1.165) is 37.8 Å². The summed E-state index contributed by atoms with van der Waals surface area (Å²) in [4.78, 5) is 28.5. The van der Waals surface area contributed by atoms with Gasteiger partial charge in [-0.05, 0) is 106 Å². The molecule has 0 radical (unpaired) electrons. The largest absolute Gasteiger partial charge is 0.393 e. The zero-order valence-electron chi connectivity index (χ0n) is 25.3. The number of hydrogen-bond donors (Lipinski definition) is 3. The van der Waals surface area contributed by atoms with Crippen molar-refractivity contribution in [2.75, 3.05) is 19.6 Å². The van der Waals surface area contributed by atoms with Gasteiger partial charge in [0.25, 0.3) is 0 Å². The molecular weight excluding hydrogens is 550 g/mol. The summed E-state index contributed by atoms with van der Waals surface area (Å²) < 4.78 is 28.3. The first-order chi connectivity index (χ1) is 20.3. The van der Waals surface area contributed by atoms with Gasteiger partial charge in [-0.3, -0.25) is 9.59 Å². The number of aliphatic hydroxyl groups is 2. The van der Waals surface area contributed by atoms with Gasteiger partial charge in [-0.1, -0.05) is 32.1 Å². The molecule has 1 aromatic rings. The lowest BCUT2D eigenvalue weighted by molar-refractivity contribution is -0.177. The first kappa shape index (κ1) is 29.3. The van der Waals surface area contributed by atoms with Crippen molar-refractivity contribution in [1.29, 1.82) is 0 Å². The van der Waals surface area contributed by atoms with Gasteiger partial charge in [0.15, 0.2) is 17.4 Å². The molecule has 0 aromatic heterocycles. The number of piperidine rings is 1. The van der Waals surface area contributed by atoms with E-state index in [1.165, 1.54) is 6.07 Å². The van der Waals surface area contributed by atoms with Gasteiger partial charge in [-0.15, -0.1) is 0 Å². The molecule has 1 aromatic carbocycles. The minimum atomic E-state index is -1.04. The third-order valence-electron chi connectivity index (χ3n) is 13.6. The number of ketones is 1. The normalized spacial score (nSPS) is 44.0. The molecule has 6 nitrogen and oxygen atoms in total. The average Bonchev–Trinajstić information content (AvgIpc) is 3.24. The van der Waals surface area contributed by atoms with Crippen LogP contribution in [0.2, 0.25) is 0 Å². The number of benzene rings is 1. The molecule has 1 amide bonds. The van der Waals surface area contributed by atoms with Crippen LogP contribution in [0.25, 0.3) is 0 Å². The molecule has 2 bridgehead atoms. The fourth-order valence-corrected chi connectivity index (χ4v) is 11.1. The number of allylic oxidation sites excluding steroid dienone is 4. The van der Waals surface area contributed by atoms with Crippen LogP contribution in [-0.2, 0) is 4.79 Å². The number of halogens is 2. The molecule has 4 N–H and O–H groups in total. The molecule has 1 saturated heterocycles. The molecule has 7 aliphatic rings. The quantitative estimate of drug-likeness (QED) is 0.331. The van der Waals surface area contributed by atoms with E-state index in [-0.39, 0.29) is 40.4 Å².